The molecule has 116 valence electrons. The average molecular weight is 319 g/mol. The summed E-state index contributed by atoms with van der Waals surface area (Å²) in [5, 5.41) is 6.46. The number of nitrogens with zero attached hydrogens (tertiary/aromatic N) is 2. The molecule has 0 bridgehead atoms. The highest BCUT2D eigenvalue weighted by atomic mass is 35.5. The summed E-state index contributed by atoms with van der Waals surface area (Å²) < 4.78 is 0. The number of hydrogen-bond donors (Lipinski definition) is 2. The number of carbonyl (C=O) groups excluding carboxylic acids is 1. The van der Waals surface area contributed by atoms with E-state index in [1.165, 1.54) is 6.33 Å². The monoisotopic (exact) mass is 318 g/mol. The Morgan fingerprint density at radius 3 is 2.68 bits per heavy atom. The van der Waals surface area contributed by atoms with Crippen LogP contribution in [0.25, 0.3) is 0 Å². The summed E-state index contributed by atoms with van der Waals surface area (Å²) in [6.07, 6.45) is 2.35. The second-order valence-electron chi connectivity index (χ2n) is 5.11. The van der Waals surface area contributed by atoms with Crippen LogP contribution in [-0.4, -0.2) is 22.4 Å². The summed E-state index contributed by atoms with van der Waals surface area (Å²) in [5.74, 6) is 0.324. The Hall–Kier alpha value is -2.14. The lowest BCUT2D eigenvalue weighted by Gasteiger charge is -2.11. The molecule has 0 aliphatic heterocycles. The molecule has 6 heteroatoms. The van der Waals surface area contributed by atoms with E-state index in [0.717, 1.165) is 24.1 Å². The Morgan fingerprint density at radius 2 is 2.00 bits per heavy atom. The Kier molecular flexibility index (Phi) is 5.33. The fraction of sp³-hybridized carbons (Fsp3) is 0.312. The minimum Gasteiger partial charge on any atom is -0.370 e. The maximum absolute atomic E-state index is 12.3. The van der Waals surface area contributed by atoms with E-state index < -0.39 is 0 Å². The SMILES string of the molecule is CCCNc1cc(C(=O)Nc2c(C)cc(C)cc2Cl)ncn1. The van der Waals surface area contributed by atoms with Gasteiger partial charge in [0.1, 0.15) is 17.8 Å². The van der Waals surface area contributed by atoms with Crippen LogP contribution < -0.4 is 10.6 Å². The van der Waals surface area contributed by atoms with Crippen LogP contribution in [0.1, 0.15) is 35.0 Å². The lowest BCUT2D eigenvalue weighted by atomic mass is 10.1. The quantitative estimate of drug-likeness (QED) is 0.879. The second-order valence-corrected chi connectivity index (χ2v) is 5.52. The fourth-order valence-electron chi connectivity index (χ4n) is 2.08. The van der Waals surface area contributed by atoms with Gasteiger partial charge in [-0.15, -0.1) is 0 Å². The van der Waals surface area contributed by atoms with E-state index in [1.54, 1.807) is 6.07 Å². The molecule has 0 unspecified atom stereocenters. The van der Waals surface area contributed by atoms with Crippen molar-refractivity contribution >= 4 is 29.0 Å². The fourth-order valence-corrected chi connectivity index (χ4v) is 2.45. The zero-order chi connectivity index (χ0) is 16.1. The Bertz CT molecular complexity index is 665. The summed E-state index contributed by atoms with van der Waals surface area (Å²) >= 11 is 6.21. The van der Waals surface area contributed by atoms with Gasteiger partial charge in [-0.1, -0.05) is 24.6 Å². The molecule has 5 nitrogen and oxygen atoms in total. The maximum atomic E-state index is 12.3. The van der Waals surface area contributed by atoms with Crippen LogP contribution in [0.3, 0.4) is 0 Å². The van der Waals surface area contributed by atoms with Gasteiger partial charge in [0.25, 0.3) is 5.91 Å². The highest BCUT2D eigenvalue weighted by molar-refractivity contribution is 6.34. The molecular weight excluding hydrogens is 300 g/mol. The number of nitrogens with one attached hydrogen (secondary N) is 2. The van der Waals surface area contributed by atoms with Crippen molar-refractivity contribution in [1.29, 1.82) is 0 Å². The highest BCUT2D eigenvalue weighted by Crippen LogP contribution is 2.27. The molecule has 0 saturated heterocycles. The minimum atomic E-state index is -0.309. The standard InChI is InChI=1S/C16H19ClN4O/c1-4-5-18-14-8-13(19-9-20-14)16(22)21-15-11(3)6-10(2)7-12(15)17/h6-9H,4-5H2,1-3H3,(H,21,22)(H,18,19,20). The highest BCUT2D eigenvalue weighted by Gasteiger charge is 2.13. The second kappa shape index (κ2) is 7.22. The van der Waals surface area contributed by atoms with Crippen molar-refractivity contribution in [2.45, 2.75) is 27.2 Å². The number of anilines is 2. The molecule has 2 rings (SSSR count). The molecular formula is C16H19ClN4O. The third kappa shape index (κ3) is 3.95. The van der Waals surface area contributed by atoms with Gasteiger partial charge in [0, 0.05) is 12.6 Å². The van der Waals surface area contributed by atoms with Crippen molar-refractivity contribution in [2.24, 2.45) is 0 Å². The van der Waals surface area contributed by atoms with Gasteiger partial charge in [-0.3, -0.25) is 4.79 Å². The van der Waals surface area contributed by atoms with E-state index in [2.05, 4.69) is 27.5 Å². The first-order valence-electron chi connectivity index (χ1n) is 7.15. The molecule has 22 heavy (non-hydrogen) atoms. The van der Waals surface area contributed by atoms with E-state index in [1.807, 2.05) is 26.0 Å². The molecule has 0 fully saturated rings. The predicted molar refractivity (Wildman–Crippen MR) is 89.7 cm³/mol. The maximum Gasteiger partial charge on any atom is 0.274 e. The molecule has 2 aromatic rings. The first-order chi connectivity index (χ1) is 10.5. The van der Waals surface area contributed by atoms with Gasteiger partial charge in [-0.2, -0.15) is 0 Å². The molecule has 0 radical (unpaired) electrons. The van der Waals surface area contributed by atoms with Crippen molar-refractivity contribution in [3.8, 4) is 0 Å². The van der Waals surface area contributed by atoms with Gasteiger partial charge in [-0.05, 0) is 37.5 Å². The Morgan fingerprint density at radius 1 is 1.23 bits per heavy atom. The van der Waals surface area contributed by atoms with E-state index in [9.17, 15) is 4.79 Å². The van der Waals surface area contributed by atoms with Crippen molar-refractivity contribution < 1.29 is 4.79 Å². The number of benzene rings is 1. The summed E-state index contributed by atoms with van der Waals surface area (Å²) in [5.41, 5.74) is 2.87. The first-order valence-corrected chi connectivity index (χ1v) is 7.53. The van der Waals surface area contributed by atoms with Gasteiger partial charge in [-0.25, -0.2) is 9.97 Å². The summed E-state index contributed by atoms with van der Waals surface area (Å²) in [6, 6.07) is 5.41. The van der Waals surface area contributed by atoms with Gasteiger partial charge < -0.3 is 10.6 Å². The molecule has 0 aliphatic carbocycles. The van der Waals surface area contributed by atoms with Crippen molar-refractivity contribution in [3.05, 3.63) is 46.4 Å². The van der Waals surface area contributed by atoms with Crippen molar-refractivity contribution in [1.82, 2.24) is 9.97 Å². The smallest absolute Gasteiger partial charge is 0.274 e. The van der Waals surface area contributed by atoms with Crippen LogP contribution in [0.4, 0.5) is 11.5 Å². The predicted octanol–water partition coefficient (Wildman–Crippen LogP) is 3.82. The van der Waals surface area contributed by atoms with E-state index >= 15 is 0 Å². The van der Waals surface area contributed by atoms with E-state index in [-0.39, 0.29) is 5.91 Å². The normalized spacial score (nSPS) is 10.4. The number of halogens is 1. The number of rotatable bonds is 5. The lowest BCUT2D eigenvalue weighted by Crippen LogP contribution is -2.16. The number of hydrogen-bond acceptors (Lipinski definition) is 4. The van der Waals surface area contributed by atoms with Crippen LogP contribution in [-0.2, 0) is 0 Å². The molecule has 1 aromatic heterocycles. The molecule has 2 N–H and O–H groups in total. The van der Waals surface area contributed by atoms with E-state index in [0.29, 0.717) is 22.2 Å². The number of carbonyl (C=O) groups is 1. The molecule has 0 saturated carbocycles. The van der Waals surface area contributed by atoms with Crippen LogP contribution >= 0.6 is 11.6 Å². The van der Waals surface area contributed by atoms with Gasteiger partial charge >= 0.3 is 0 Å². The molecule has 1 amide bonds. The molecule has 1 heterocycles. The molecule has 0 atom stereocenters. The van der Waals surface area contributed by atoms with Crippen molar-refractivity contribution in [2.75, 3.05) is 17.2 Å². The largest absolute Gasteiger partial charge is 0.370 e. The summed E-state index contributed by atoms with van der Waals surface area (Å²) in [7, 11) is 0. The summed E-state index contributed by atoms with van der Waals surface area (Å²) in [4.78, 5) is 20.4. The zero-order valence-corrected chi connectivity index (χ0v) is 13.7. The third-order valence-corrected chi connectivity index (χ3v) is 3.42. The number of aromatic nitrogens is 2. The first kappa shape index (κ1) is 16.2. The summed E-state index contributed by atoms with van der Waals surface area (Å²) in [6.45, 7) is 6.72. The van der Waals surface area contributed by atoms with E-state index in [4.69, 9.17) is 11.6 Å². The zero-order valence-electron chi connectivity index (χ0n) is 12.9. The van der Waals surface area contributed by atoms with Crippen LogP contribution in [0.5, 0.6) is 0 Å². The Labute approximate surface area is 135 Å². The number of aryl methyl sites for hydroxylation is 2. The van der Waals surface area contributed by atoms with Gasteiger partial charge in [0.15, 0.2) is 0 Å². The number of amides is 1. The lowest BCUT2D eigenvalue weighted by molar-refractivity contribution is 0.102. The molecule has 0 aliphatic rings. The average Bonchev–Trinajstić information content (AvgIpc) is 2.49. The topological polar surface area (TPSA) is 66.9 Å². The van der Waals surface area contributed by atoms with Crippen LogP contribution in [0.2, 0.25) is 5.02 Å². The van der Waals surface area contributed by atoms with Crippen LogP contribution in [0, 0.1) is 13.8 Å². The van der Waals surface area contributed by atoms with Gasteiger partial charge in [0.2, 0.25) is 0 Å². The van der Waals surface area contributed by atoms with Gasteiger partial charge in [0.05, 0.1) is 10.7 Å². The van der Waals surface area contributed by atoms with Crippen LogP contribution in [0.15, 0.2) is 24.5 Å². The third-order valence-electron chi connectivity index (χ3n) is 3.13. The van der Waals surface area contributed by atoms with Crippen molar-refractivity contribution in [3.63, 3.8) is 0 Å². The Balaban J connectivity index is 2.19. The minimum absolute atomic E-state index is 0.296. The molecule has 0 spiro atoms. The molecule has 1 aromatic carbocycles.